The fraction of sp³-hybridized carbons (Fsp3) is 0.917. The molecular weight excluding hydrogens is 172 g/mol. The minimum Gasteiger partial charge on any atom is -0.371 e. The van der Waals surface area contributed by atoms with E-state index in [2.05, 4.69) is 31.1 Å². The zero-order valence-corrected chi connectivity index (χ0v) is 9.84. The highest BCUT2D eigenvalue weighted by molar-refractivity contribution is 5.82. The minimum absolute atomic E-state index is 0.585. The Morgan fingerprint density at radius 3 is 2.71 bits per heavy atom. The Morgan fingerprint density at radius 1 is 1.36 bits per heavy atom. The molecule has 82 valence electrons. The van der Waals surface area contributed by atoms with Crippen LogP contribution >= 0.6 is 0 Å². The van der Waals surface area contributed by atoms with Gasteiger partial charge in [-0.2, -0.15) is 0 Å². The summed E-state index contributed by atoms with van der Waals surface area (Å²) in [4.78, 5) is 4.51. The van der Waals surface area contributed by atoms with Gasteiger partial charge in [-0.1, -0.05) is 20.3 Å². The van der Waals surface area contributed by atoms with E-state index >= 15 is 0 Å². The summed E-state index contributed by atoms with van der Waals surface area (Å²) < 4.78 is 0. The van der Waals surface area contributed by atoms with E-state index in [1.54, 1.807) is 0 Å². The molecular formula is C12H24N2. The summed E-state index contributed by atoms with van der Waals surface area (Å²) in [5, 5.41) is 3.53. The summed E-state index contributed by atoms with van der Waals surface area (Å²) in [6, 6.07) is 0.585. The molecule has 0 aromatic rings. The molecule has 1 aliphatic rings. The van der Waals surface area contributed by atoms with Crippen molar-refractivity contribution in [2.45, 2.75) is 58.9 Å². The van der Waals surface area contributed by atoms with Crippen molar-refractivity contribution < 1.29 is 0 Å². The van der Waals surface area contributed by atoms with Crippen LogP contribution in [-0.2, 0) is 0 Å². The summed E-state index contributed by atoms with van der Waals surface area (Å²) in [6.07, 6.45) is 6.27. The van der Waals surface area contributed by atoms with Crippen LogP contribution < -0.4 is 5.32 Å². The summed E-state index contributed by atoms with van der Waals surface area (Å²) in [7, 11) is 0. The van der Waals surface area contributed by atoms with Crippen LogP contribution in [0.25, 0.3) is 0 Å². The van der Waals surface area contributed by atoms with Crippen LogP contribution in [0, 0.1) is 5.92 Å². The second-order valence-electron chi connectivity index (χ2n) is 4.58. The van der Waals surface area contributed by atoms with Gasteiger partial charge in [0.15, 0.2) is 0 Å². The zero-order valence-electron chi connectivity index (χ0n) is 9.84. The molecule has 0 saturated heterocycles. The van der Waals surface area contributed by atoms with Crippen molar-refractivity contribution in [3.8, 4) is 0 Å². The Balaban J connectivity index is 2.25. The van der Waals surface area contributed by atoms with E-state index in [9.17, 15) is 0 Å². The highest BCUT2D eigenvalue weighted by Gasteiger charge is 2.10. The second-order valence-corrected chi connectivity index (χ2v) is 4.58. The number of hydrogen-bond acceptors (Lipinski definition) is 2. The van der Waals surface area contributed by atoms with Crippen LogP contribution in [-0.4, -0.2) is 18.4 Å². The van der Waals surface area contributed by atoms with Gasteiger partial charge in [-0.15, -0.1) is 0 Å². The molecule has 0 amide bonds. The average Bonchev–Trinajstić information content (AvgIpc) is 2.19. The molecule has 14 heavy (non-hydrogen) atoms. The smallest absolute Gasteiger partial charge is 0.0965 e. The maximum Gasteiger partial charge on any atom is 0.0965 e. The normalized spacial score (nSPS) is 21.2. The number of nitrogens with one attached hydrogen (secondary N) is 1. The van der Waals surface area contributed by atoms with Gasteiger partial charge in [-0.3, -0.25) is 4.99 Å². The minimum atomic E-state index is 0.585. The highest BCUT2D eigenvalue weighted by atomic mass is 15.0. The van der Waals surface area contributed by atoms with Crippen molar-refractivity contribution in [2.24, 2.45) is 10.9 Å². The molecule has 1 N–H and O–H groups in total. The van der Waals surface area contributed by atoms with Crippen molar-refractivity contribution in [1.29, 1.82) is 0 Å². The molecule has 2 heteroatoms. The molecule has 1 heterocycles. The van der Waals surface area contributed by atoms with Crippen molar-refractivity contribution in [3.05, 3.63) is 0 Å². The van der Waals surface area contributed by atoms with Crippen LogP contribution in [0.15, 0.2) is 4.99 Å². The van der Waals surface area contributed by atoms with Crippen molar-refractivity contribution in [1.82, 2.24) is 5.32 Å². The van der Waals surface area contributed by atoms with Gasteiger partial charge in [0.1, 0.15) is 0 Å². The number of amidine groups is 1. The summed E-state index contributed by atoms with van der Waals surface area (Å²) >= 11 is 0. The van der Waals surface area contributed by atoms with Gasteiger partial charge >= 0.3 is 0 Å². The van der Waals surface area contributed by atoms with Crippen LogP contribution in [0.2, 0.25) is 0 Å². The van der Waals surface area contributed by atoms with Crippen LogP contribution in [0.1, 0.15) is 52.9 Å². The largest absolute Gasteiger partial charge is 0.371 e. The molecule has 0 aromatic carbocycles. The quantitative estimate of drug-likeness (QED) is 0.734. The van der Waals surface area contributed by atoms with Gasteiger partial charge in [0, 0.05) is 19.0 Å². The first-order valence-corrected chi connectivity index (χ1v) is 6.02. The number of rotatable bonds is 4. The Morgan fingerprint density at radius 2 is 2.14 bits per heavy atom. The van der Waals surface area contributed by atoms with Gasteiger partial charge in [0.2, 0.25) is 0 Å². The van der Waals surface area contributed by atoms with Gasteiger partial charge in [-0.05, 0) is 32.1 Å². The predicted molar refractivity (Wildman–Crippen MR) is 62.8 cm³/mol. The third kappa shape index (κ3) is 4.12. The summed E-state index contributed by atoms with van der Waals surface area (Å²) in [6.45, 7) is 7.87. The first-order valence-electron chi connectivity index (χ1n) is 6.02. The standard InChI is InChI=1S/C12H24N2/c1-4-10(2)9-11(3)14-12-7-5-6-8-13-12/h10-11H,4-9H2,1-3H3,(H,13,14). The maximum atomic E-state index is 4.51. The molecule has 2 nitrogen and oxygen atoms in total. The molecule has 0 saturated carbocycles. The molecule has 0 aliphatic carbocycles. The Labute approximate surface area is 88.2 Å². The molecule has 1 aliphatic heterocycles. The topological polar surface area (TPSA) is 24.4 Å². The van der Waals surface area contributed by atoms with E-state index in [4.69, 9.17) is 0 Å². The lowest BCUT2D eigenvalue weighted by Gasteiger charge is -2.21. The predicted octanol–water partition coefficient (Wildman–Crippen LogP) is 2.98. The van der Waals surface area contributed by atoms with E-state index in [0.717, 1.165) is 18.9 Å². The fourth-order valence-electron chi connectivity index (χ4n) is 1.93. The molecule has 2 atom stereocenters. The Hall–Kier alpha value is -0.530. The number of hydrogen-bond donors (Lipinski definition) is 1. The molecule has 1 rings (SSSR count). The number of nitrogens with zero attached hydrogens (tertiary/aromatic N) is 1. The summed E-state index contributed by atoms with van der Waals surface area (Å²) in [5.41, 5.74) is 0. The average molecular weight is 196 g/mol. The maximum absolute atomic E-state index is 4.51. The first kappa shape index (κ1) is 11.5. The van der Waals surface area contributed by atoms with E-state index in [1.807, 2.05) is 0 Å². The van der Waals surface area contributed by atoms with Crippen LogP contribution in [0.5, 0.6) is 0 Å². The molecule has 0 bridgehead atoms. The van der Waals surface area contributed by atoms with Crippen molar-refractivity contribution >= 4 is 5.84 Å². The molecule has 0 aromatic heterocycles. The monoisotopic (exact) mass is 196 g/mol. The van der Waals surface area contributed by atoms with Gasteiger partial charge in [-0.25, -0.2) is 0 Å². The second kappa shape index (κ2) is 6.05. The van der Waals surface area contributed by atoms with Gasteiger partial charge < -0.3 is 5.32 Å². The van der Waals surface area contributed by atoms with E-state index in [1.165, 1.54) is 31.5 Å². The Bertz CT molecular complexity index is 187. The lowest BCUT2D eigenvalue weighted by molar-refractivity contribution is 0.445. The zero-order chi connectivity index (χ0) is 10.4. The molecule has 0 fully saturated rings. The van der Waals surface area contributed by atoms with Crippen molar-refractivity contribution in [2.75, 3.05) is 6.54 Å². The Kier molecular flexibility index (Phi) is 4.99. The SMILES string of the molecule is CCC(C)CC(C)NC1=NCCCC1. The summed E-state index contributed by atoms with van der Waals surface area (Å²) in [5.74, 6) is 2.06. The fourth-order valence-corrected chi connectivity index (χ4v) is 1.93. The molecule has 2 unspecified atom stereocenters. The number of aliphatic imine (C=N–C) groups is 1. The van der Waals surface area contributed by atoms with Gasteiger partial charge in [0.25, 0.3) is 0 Å². The van der Waals surface area contributed by atoms with Crippen molar-refractivity contribution in [3.63, 3.8) is 0 Å². The first-order chi connectivity index (χ1) is 6.72. The third-order valence-corrected chi connectivity index (χ3v) is 2.99. The van der Waals surface area contributed by atoms with Crippen LogP contribution in [0.4, 0.5) is 0 Å². The molecule has 0 radical (unpaired) electrons. The lowest BCUT2D eigenvalue weighted by atomic mass is 10.00. The van der Waals surface area contributed by atoms with E-state index in [0.29, 0.717) is 6.04 Å². The van der Waals surface area contributed by atoms with Crippen LogP contribution in [0.3, 0.4) is 0 Å². The molecule has 0 spiro atoms. The lowest BCUT2D eigenvalue weighted by Crippen LogP contribution is -2.34. The van der Waals surface area contributed by atoms with E-state index in [-0.39, 0.29) is 0 Å². The third-order valence-electron chi connectivity index (χ3n) is 2.99. The van der Waals surface area contributed by atoms with E-state index < -0.39 is 0 Å². The highest BCUT2D eigenvalue weighted by Crippen LogP contribution is 2.11. The van der Waals surface area contributed by atoms with Gasteiger partial charge in [0.05, 0.1) is 5.84 Å².